The summed E-state index contributed by atoms with van der Waals surface area (Å²) in [5.41, 5.74) is 0. The minimum absolute atomic E-state index is 0.294. The SMILES string of the molecule is Cc1nccn1CCCCNC(=O)[C@@H]1C[C@H]1C1CCNCC1. The van der Waals surface area contributed by atoms with Crippen LogP contribution in [0.5, 0.6) is 0 Å². The number of amides is 1. The molecule has 5 nitrogen and oxygen atoms in total. The normalized spacial score (nSPS) is 25.1. The van der Waals surface area contributed by atoms with Gasteiger partial charge in [0.25, 0.3) is 0 Å². The highest BCUT2D eigenvalue weighted by Gasteiger charge is 2.47. The van der Waals surface area contributed by atoms with Crippen molar-refractivity contribution in [3.05, 3.63) is 18.2 Å². The van der Waals surface area contributed by atoms with Gasteiger partial charge in [0.1, 0.15) is 5.82 Å². The van der Waals surface area contributed by atoms with E-state index in [4.69, 9.17) is 0 Å². The summed E-state index contributed by atoms with van der Waals surface area (Å²) in [6, 6.07) is 0. The molecule has 3 rings (SSSR count). The predicted molar refractivity (Wildman–Crippen MR) is 86.4 cm³/mol. The molecule has 1 amide bonds. The van der Waals surface area contributed by atoms with Gasteiger partial charge in [-0.1, -0.05) is 0 Å². The molecule has 0 spiro atoms. The molecule has 0 unspecified atom stereocenters. The molecule has 1 saturated carbocycles. The summed E-state index contributed by atoms with van der Waals surface area (Å²) in [6.07, 6.45) is 9.59. The molecular formula is C17H28N4O. The zero-order valence-corrected chi connectivity index (χ0v) is 13.6. The van der Waals surface area contributed by atoms with Crippen molar-refractivity contribution in [1.82, 2.24) is 20.2 Å². The zero-order chi connectivity index (χ0) is 15.4. The van der Waals surface area contributed by atoms with Gasteiger partial charge in [0.05, 0.1) is 0 Å². The van der Waals surface area contributed by atoms with Crippen molar-refractivity contribution in [1.29, 1.82) is 0 Å². The number of nitrogens with one attached hydrogen (secondary N) is 2. The van der Waals surface area contributed by atoms with E-state index in [2.05, 4.69) is 20.2 Å². The van der Waals surface area contributed by atoms with Gasteiger partial charge in [0, 0.05) is 31.4 Å². The second-order valence-electron chi connectivity index (χ2n) is 6.76. The van der Waals surface area contributed by atoms with Crippen LogP contribution in [0.3, 0.4) is 0 Å². The molecule has 22 heavy (non-hydrogen) atoms. The number of rotatable bonds is 7. The van der Waals surface area contributed by atoms with Gasteiger partial charge < -0.3 is 15.2 Å². The van der Waals surface area contributed by atoms with Gasteiger partial charge in [0.2, 0.25) is 5.91 Å². The molecule has 1 aliphatic heterocycles. The number of aryl methyl sites for hydroxylation is 2. The summed E-state index contributed by atoms with van der Waals surface area (Å²) in [5.74, 6) is 3.10. The average molecular weight is 304 g/mol. The van der Waals surface area contributed by atoms with Gasteiger partial charge in [-0.3, -0.25) is 4.79 Å². The highest BCUT2D eigenvalue weighted by molar-refractivity contribution is 5.81. The number of carbonyl (C=O) groups excluding carboxylic acids is 1. The number of hydrogen-bond donors (Lipinski definition) is 2. The van der Waals surface area contributed by atoms with Gasteiger partial charge in [-0.25, -0.2) is 4.98 Å². The first kappa shape index (κ1) is 15.5. The van der Waals surface area contributed by atoms with Gasteiger partial charge in [-0.2, -0.15) is 0 Å². The summed E-state index contributed by atoms with van der Waals surface area (Å²) >= 11 is 0. The Bertz CT molecular complexity index is 493. The molecule has 1 saturated heterocycles. The van der Waals surface area contributed by atoms with E-state index in [1.165, 1.54) is 12.8 Å². The van der Waals surface area contributed by atoms with Crippen LogP contribution in [-0.4, -0.2) is 35.1 Å². The maximum atomic E-state index is 12.2. The minimum atomic E-state index is 0.294. The number of imidazole rings is 1. The fourth-order valence-electron chi connectivity index (χ4n) is 3.70. The lowest BCUT2D eigenvalue weighted by atomic mass is 9.92. The Morgan fingerprint density at radius 1 is 1.41 bits per heavy atom. The van der Waals surface area contributed by atoms with E-state index in [-0.39, 0.29) is 0 Å². The molecule has 0 bridgehead atoms. The van der Waals surface area contributed by atoms with Crippen molar-refractivity contribution in [2.24, 2.45) is 17.8 Å². The molecule has 0 aromatic carbocycles. The number of aromatic nitrogens is 2. The molecule has 2 fully saturated rings. The molecule has 2 heterocycles. The van der Waals surface area contributed by atoms with Crippen molar-refractivity contribution in [3.63, 3.8) is 0 Å². The summed E-state index contributed by atoms with van der Waals surface area (Å²) in [7, 11) is 0. The first-order valence-electron chi connectivity index (χ1n) is 8.72. The Morgan fingerprint density at radius 3 is 2.95 bits per heavy atom. The predicted octanol–water partition coefficient (Wildman–Crippen LogP) is 1.72. The quantitative estimate of drug-likeness (QED) is 0.754. The van der Waals surface area contributed by atoms with E-state index < -0.39 is 0 Å². The standard InChI is InChI=1S/C17H28N4O/c1-13-19-9-11-21(13)10-3-2-6-20-17(22)16-12-15(16)14-4-7-18-8-5-14/h9,11,14-16,18H,2-8,10,12H2,1H3,(H,20,22)/t15-,16+/m0/s1. The second-order valence-corrected chi connectivity index (χ2v) is 6.76. The molecular weight excluding hydrogens is 276 g/mol. The lowest BCUT2D eigenvalue weighted by Gasteiger charge is -2.22. The lowest BCUT2D eigenvalue weighted by molar-refractivity contribution is -0.122. The Hall–Kier alpha value is -1.36. The first-order chi connectivity index (χ1) is 10.8. The number of carbonyl (C=O) groups is 1. The van der Waals surface area contributed by atoms with Crippen LogP contribution >= 0.6 is 0 Å². The van der Waals surface area contributed by atoms with Gasteiger partial charge in [-0.15, -0.1) is 0 Å². The average Bonchev–Trinajstić information content (AvgIpc) is 3.25. The van der Waals surface area contributed by atoms with Crippen LogP contribution in [0.1, 0.15) is 37.9 Å². The van der Waals surface area contributed by atoms with E-state index in [0.29, 0.717) is 17.7 Å². The zero-order valence-electron chi connectivity index (χ0n) is 13.6. The lowest BCUT2D eigenvalue weighted by Crippen LogP contribution is -2.31. The topological polar surface area (TPSA) is 59.0 Å². The molecule has 122 valence electrons. The van der Waals surface area contributed by atoms with Crippen LogP contribution in [0, 0.1) is 24.7 Å². The number of unbranched alkanes of at least 4 members (excludes halogenated alkanes) is 1. The summed E-state index contributed by atoms with van der Waals surface area (Å²) < 4.78 is 2.16. The van der Waals surface area contributed by atoms with Crippen LogP contribution < -0.4 is 10.6 Å². The maximum Gasteiger partial charge on any atom is 0.223 e. The van der Waals surface area contributed by atoms with Crippen molar-refractivity contribution in [2.45, 2.75) is 45.6 Å². The number of nitrogens with zero attached hydrogens (tertiary/aromatic N) is 2. The number of piperidine rings is 1. The highest BCUT2D eigenvalue weighted by Crippen LogP contribution is 2.47. The van der Waals surface area contributed by atoms with E-state index >= 15 is 0 Å². The summed E-state index contributed by atoms with van der Waals surface area (Å²) in [5, 5.41) is 6.53. The van der Waals surface area contributed by atoms with Gasteiger partial charge >= 0.3 is 0 Å². The fraction of sp³-hybridized carbons (Fsp3) is 0.765. The third-order valence-electron chi connectivity index (χ3n) is 5.21. The first-order valence-corrected chi connectivity index (χ1v) is 8.72. The minimum Gasteiger partial charge on any atom is -0.356 e. The van der Waals surface area contributed by atoms with Crippen LogP contribution in [-0.2, 0) is 11.3 Å². The second kappa shape index (κ2) is 7.27. The molecule has 1 aromatic rings. The van der Waals surface area contributed by atoms with E-state index in [1.807, 2.05) is 19.3 Å². The third kappa shape index (κ3) is 3.88. The fourth-order valence-corrected chi connectivity index (χ4v) is 3.70. The van der Waals surface area contributed by atoms with E-state index in [0.717, 1.165) is 57.2 Å². The number of hydrogen-bond acceptors (Lipinski definition) is 3. The van der Waals surface area contributed by atoms with Gasteiger partial charge in [-0.05, 0) is 64.0 Å². The Balaban J connectivity index is 1.28. The Kier molecular flexibility index (Phi) is 5.13. The molecule has 2 atom stereocenters. The van der Waals surface area contributed by atoms with Crippen molar-refractivity contribution in [2.75, 3.05) is 19.6 Å². The maximum absolute atomic E-state index is 12.2. The Labute approximate surface area is 132 Å². The molecule has 1 aromatic heterocycles. The molecule has 2 N–H and O–H groups in total. The summed E-state index contributed by atoms with van der Waals surface area (Å²) in [4.78, 5) is 16.4. The van der Waals surface area contributed by atoms with Crippen molar-refractivity contribution in [3.8, 4) is 0 Å². The van der Waals surface area contributed by atoms with E-state index in [1.54, 1.807) is 0 Å². The smallest absolute Gasteiger partial charge is 0.223 e. The molecule has 2 aliphatic rings. The molecule has 1 aliphatic carbocycles. The molecule has 0 radical (unpaired) electrons. The monoisotopic (exact) mass is 304 g/mol. The third-order valence-corrected chi connectivity index (χ3v) is 5.21. The van der Waals surface area contributed by atoms with Crippen LogP contribution in [0.2, 0.25) is 0 Å². The summed E-state index contributed by atoms with van der Waals surface area (Å²) in [6.45, 7) is 6.08. The van der Waals surface area contributed by atoms with E-state index in [9.17, 15) is 4.79 Å². The van der Waals surface area contributed by atoms with Gasteiger partial charge in [0.15, 0.2) is 0 Å². The largest absolute Gasteiger partial charge is 0.356 e. The van der Waals surface area contributed by atoms with Crippen LogP contribution in [0.15, 0.2) is 12.4 Å². The van der Waals surface area contributed by atoms with Crippen LogP contribution in [0.25, 0.3) is 0 Å². The Morgan fingerprint density at radius 2 is 2.23 bits per heavy atom. The van der Waals surface area contributed by atoms with Crippen molar-refractivity contribution >= 4 is 5.91 Å². The highest BCUT2D eigenvalue weighted by atomic mass is 16.2. The molecule has 5 heteroatoms. The van der Waals surface area contributed by atoms with Crippen LogP contribution in [0.4, 0.5) is 0 Å². The van der Waals surface area contributed by atoms with Crippen molar-refractivity contribution < 1.29 is 4.79 Å².